The highest BCUT2D eigenvalue weighted by Crippen LogP contribution is 2.25. The highest BCUT2D eigenvalue weighted by molar-refractivity contribution is 5.79. The molecule has 0 aliphatic rings. The summed E-state index contributed by atoms with van der Waals surface area (Å²) in [6, 6.07) is 7.98. The van der Waals surface area contributed by atoms with E-state index in [-0.39, 0.29) is 5.41 Å². The number of ether oxygens (including phenoxy) is 1. The minimum Gasteiger partial charge on any atom is -0.497 e. The van der Waals surface area contributed by atoms with Gasteiger partial charge in [0.05, 0.1) is 7.11 Å². The van der Waals surface area contributed by atoms with Gasteiger partial charge >= 0.3 is 5.97 Å². The minimum atomic E-state index is -0.922. The Balaban J connectivity index is 2.57. The lowest BCUT2D eigenvalue weighted by molar-refractivity contribution is -0.131. The van der Waals surface area contributed by atoms with Crippen LogP contribution in [-0.4, -0.2) is 31.3 Å². The molecule has 0 unspecified atom stereocenters. The third-order valence-electron chi connectivity index (χ3n) is 2.94. The van der Waals surface area contributed by atoms with E-state index in [9.17, 15) is 4.79 Å². The molecule has 1 aromatic rings. The summed E-state index contributed by atoms with van der Waals surface area (Å²) in [6.07, 6.45) is 2.75. The van der Waals surface area contributed by atoms with Crippen molar-refractivity contribution >= 4 is 5.97 Å². The fourth-order valence-electron chi connectivity index (χ4n) is 1.77. The highest BCUT2D eigenvalue weighted by atomic mass is 16.5. The Bertz CT molecular complexity index is 452. The molecule has 104 valence electrons. The normalized spacial score (nSPS) is 11.7. The maximum absolute atomic E-state index is 10.3. The second kappa shape index (κ2) is 6.95. The van der Waals surface area contributed by atoms with Crippen molar-refractivity contribution in [2.24, 2.45) is 0 Å². The van der Waals surface area contributed by atoms with E-state index in [1.54, 1.807) is 13.2 Å². The van der Waals surface area contributed by atoms with Crippen LogP contribution >= 0.6 is 0 Å². The lowest BCUT2D eigenvalue weighted by Crippen LogP contribution is -2.33. The highest BCUT2D eigenvalue weighted by Gasteiger charge is 2.20. The van der Waals surface area contributed by atoms with Gasteiger partial charge in [-0.1, -0.05) is 32.1 Å². The van der Waals surface area contributed by atoms with Crippen LogP contribution in [0.5, 0.6) is 5.75 Å². The van der Waals surface area contributed by atoms with Crippen molar-refractivity contribution in [2.45, 2.75) is 19.3 Å². The summed E-state index contributed by atoms with van der Waals surface area (Å²) in [4.78, 5) is 10.3. The molecule has 0 aromatic heterocycles. The first-order chi connectivity index (χ1) is 8.95. The lowest BCUT2D eigenvalue weighted by atomic mass is 9.84. The molecule has 0 bridgehead atoms. The third kappa shape index (κ3) is 5.14. The molecule has 0 saturated heterocycles. The number of benzene rings is 1. The van der Waals surface area contributed by atoms with Crippen LogP contribution in [0.3, 0.4) is 0 Å². The van der Waals surface area contributed by atoms with E-state index in [2.05, 4.69) is 25.2 Å². The van der Waals surface area contributed by atoms with Gasteiger partial charge in [0.25, 0.3) is 0 Å². The summed E-state index contributed by atoms with van der Waals surface area (Å²) in [5.74, 6) is -0.0785. The molecule has 0 saturated carbocycles. The second-order valence-corrected chi connectivity index (χ2v) is 4.99. The van der Waals surface area contributed by atoms with Crippen molar-refractivity contribution in [3.8, 4) is 5.75 Å². The predicted molar refractivity (Wildman–Crippen MR) is 75.7 cm³/mol. The van der Waals surface area contributed by atoms with Crippen LogP contribution in [-0.2, 0) is 10.2 Å². The molecular formula is C15H21NO3. The molecule has 4 heteroatoms. The number of carbonyl (C=O) groups is 1. The van der Waals surface area contributed by atoms with Crippen LogP contribution in [0.4, 0.5) is 0 Å². The summed E-state index contributed by atoms with van der Waals surface area (Å²) < 4.78 is 5.22. The Kier molecular flexibility index (Phi) is 5.57. The van der Waals surface area contributed by atoms with Gasteiger partial charge < -0.3 is 15.2 Å². The van der Waals surface area contributed by atoms with E-state index >= 15 is 0 Å². The maximum Gasteiger partial charge on any atom is 0.328 e. The molecule has 0 aliphatic carbocycles. The molecular weight excluding hydrogens is 242 g/mol. The molecule has 0 amide bonds. The Hall–Kier alpha value is -1.81. The summed E-state index contributed by atoms with van der Waals surface area (Å²) in [7, 11) is 1.65. The van der Waals surface area contributed by atoms with Crippen molar-refractivity contribution in [2.75, 3.05) is 20.2 Å². The van der Waals surface area contributed by atoms with E-state index in [0.29, 0.717) is 6.54 Å². The molecule has 0 fully saturated rings. The minimum absolute atomic E-state index is 0.0500. The van der Waals surface area contributed by atoms with Gasteiger partial charge in [-0.2, -0.15) is 0 Å². The van der Waals surface area contributed by atoms with Gasteiger partial charge in [-0.3, -0.25) is 0 Å². The number of nitrogens with one attached hydrogen (secondary N) is 1. The number of aliphatic carboxylic acids is 1. The van der Waals surface area contributed by atoms with Crippen molar-refractivity contribution in [1.29, 1.82) is 0 Å². The summed E-state index contributed by atoms with van der Waals surface area (Å²) in [5, 5.41) is 11.7. The number of hydrogen-bond donors (Lipinski definition) is 2. The van der Waals surface area contributed by atoms with Gasteiger partial charge in [-0.05, 0) is 17.7 Å². The largest absolute Gasteiger partial charge is 0.497 e. The molecule has 0 radical (unpaired) electrons. The average Bonchev–Trinajstić information content (AvgIpc) is 2.38. The number of methoxy groups -OCH3 is 1. The van der Waals surface area contributed by atoms with Crippen LogP contribution in [0.15, 0.2) is 36.4 Å². The predicted octanol–water partition coefficient (Wildman–Crippen LogP) is 2.20. The molecule has 1 aromatic carbocycles. The van der Waals surface area contributed by atoms with Gasteiger partial charge in [0, 0.05) is 24.6 Å². The zero-order valence-electron chi connectivity index (χ0n) is 11.6. The molecule has 0 heterocycles. The van der Waals surface area contributed by atoms with Crippen molar-refractivity contribution in [3.63, 3.8) is 0 Å². The van der Waals surface area contributed by atoms with Gasteiger partial charge in [-0.25, -0.2) is 4.79 Å². The topological polar surface area (TPSA) is 58.6 Å². The van der Waals surface area contributed by atoms with Crippen molar-refractivity contribution in [3.05, 3.63) is 42.0 Å². The standard InChI is InChI=1S/C15H21NO3/c1-15(2,11-16-9-5-8-14(17)18)12-6-4-7-13(10-12)19-3/h4-8,10,16H,9,11H2,1-3H3,(H,17,18)/b8-5+. The average molecular weight is 263 g/mol. The first-order valence-corrected chi connectivity index (χ1v) is 6.20. The smallest absolute Gasteiger partial charge is 0.328 e. The summed E-state index contributed by atoms with van der Waals surface area (Å²) >= 11 is 0. The first kappa shape index (κ1) is 15.2. The molecule has 4 nitrogen and oxygen atoms in total. The molecule has 19 heavy (non-hydrogen) atoms. The fourth-order valence-corrected chi connectivity index (χ4v) is 1.77. The van der Waals surface area contributed by atoms with Crippen LogP contribution in [0, 0.1) is 0 Å². The first-order valence-electron chi connectivity index (χ1n) is 6.20. The summed E-state index contributed by atoms with van der Waals surface area (Å²) in [6.45, 7) is 5.56. The second-order valence-electron chi connectivity index (χ2n) is 4.99. The monoisotopic (exact) mass is 263 g/mol. The van der Waals surface area contributed by atoms with E-state index in [1.807, 2.05) is 18.2 Å². The van der Waals surface area contributed by atoms with Gasteiger partial charge in [-0.15, -0.1) is 0 Å². The maximum atomic E-state index is 10.3. The molecule has 0 spiro atoms. The van der Waals surface area contributed by atoms with Crippen LogP contribution in [0.25, 0.3) is 0 Å². The third-order valence-corrected chi connectivity index (χ3v) is 2.94. The Morgan fingerprint density at radius 2 is 2.21 bits per heavy atom. The van der Waals surface area contributed by atoms with Crippen LogP contribution in [0.1, 0.15) is 19.4 Å². The van der Waals surface area contributed by atoms with Crippen molar-refractivity contribution in [1.82, 2.24) is 5.32 Å². The number of carboxylic acids is 1. The number of carboxylic acid groups (broad SMARTS) is 1. The van der Waals surface area contributed by atoms with E-state index in [4.69, 9.17) is 9.84 Å². The van der Waals surface area contributed by atoms with Crippen molar-refractivity contribution < 1.29 is 14.6 Å². The Morgan fingerprint density at radius 1 is 1.47 bits per heavy atom. The molecule has 2 N–H and O–H groups in total. The fraction of sp³-hybridized carbons (Fsp3) is 0.400. The molecule has 0 aliphatic heterocycles. The lowest BCUT2D eigenvalue weighted by Gasteiger charge is -2.26. The van der Waals surface area contributed by atoms with Crippen LogP contribution < -0.4 is 10.1 Å². The molecule has 0 atom stereocenters. The zero-order chi connectivity index (χ0) is 14.3. The number of hydrogen-bond acceptors (Lipinski definition) is 3. The molecule has 1 rings (SSSR count). The SMILES string of the molecule is COc1cccc(C(C)(C)CNC/C=C/C(=O)O)c1. The number of rotatable bonds is 7. The van der Waals surface area contributed by atoms with E-state index in [0.717, 1.165) is 18.4 Å². The zero-order valence-corrected chi connectivity index (χ0v) is 11.6. The van der Waals surface area contributed by atoms with Crippen LogP contribution in [0.2, 0.25) is 0 Å². The van der Waals surface area contributed by atoms with Gasteiger partial charge in [0.2, 0.25) is 0 Å². The quantitative estimate of drug-likeness (QED) is 0.585. The van der Waals surface area contributed by atoms with E-state index in [1.165, 1.54) is 5.56 Å². The van der Waals surface area contributed by atoms with Gasteiger partial charge in [0.1, 0.15) is 5.75 Å². The van der Waals surface area contributed by atoms with E-state index < -0.39 is 5.97 Å². The summed E-state index contributed by atoms with van der Waals surface area (Å²) in [5.41, 5.74) is 1.13. The Morgan fingerprint density at radius 3 is 2.84 bits per heavy atom. The Labute approximate surface area is 114 Å². The van der Waals surface area contributed by atoms with Gasteiger partial charge in [0.15, 0.2) is 0 Å².